The predicted molar refractivity (Wildman–Crippen MR) is 46.2 cm³/mol. The van der Waals surface area contributed by atoms with Crippen molar-refractivity contribution in [3.8, 4) is 0 Å². The highest BCUT2D eigenvalue weighted by Gasteiger charge is 2.36. The van der Waals surface area contributed by atoms with E-state index in [0.717, 1.165) is 17.3 Å². The van der Waals surface area contributed by atoms with Crippen LogP contribution in [0.25, 0.3) is 0 Å². The summed E-state index contributed by atoms with van der Waals surface area (Å²) in [5.74, 6) is 2.37. The minimum Gasteiger partial charge on any atom is -0.301 e. The first kappa shape index (κ1) is 6.99. The molecule has 1 saturated carbocycles. The number of hydrogen-bond acceptors (Lipinski definition) is 2. The van der Waals surface area contributed by atoms with Gasteiger partial charge in [0.15, 0.2) is 0 Å². The first-order chi connectivity index (χ1) is 4.90. The summed E-state index contributed by atoms with van der Waals surface area (Å²) >= 11 is 2.13. The maximum absolute atomic E-state index is 3.67. The zero-order valence-electron chi connectivity index (χ0n) is 6.47. The third-order valence-corrected chi connectivity index (χ3v) is 3.89. The molecule has 0 amide bonds. The topological polar surface area (TPSA) is 12.0 Å². The number of hydrogen-bond donors (Lipinski definition) is 1. The zero-order chi connectivity index (χ0) is 6.97. The van der Waals surface area contributed by atoms with Crippen LogP contribution in [0.4, 0.5) is 0 Å². The van der Waals surface area contributed by atoms with Crippen molar-refractivity contribution in [3.63, 3.8) is 0 Å². The van der Waals surface area contributed by atoms with E-state index in [9.17, 15) is 0 Å². The summed E-state index contributed by atoms with van der Waals surface area (Å²) in [6.45, 7) is 2.27. The second kappa shape index (κ2) is 2.74. The Bertz CT molecular complexity index is 122. The normalized spacial score (nSPS) is 40.5. The van der Waals surface area contributed by atoms with Crippen molar-refractivity contribution >= 4 is 11.8 Å². The fourth-order valence-electron chi connectivity index (χ4n) is 1.46. The Morgan fingerprint density at radius 2 is 2.30 bits per heavy atom. The van der Waals surface area contributed by atoms with E-state index in [1.807, 2.05) is 0 Å². The highest BCUT2D eigenvalue weighted by atomic mass is 32.2. The highest BCUT2D eigenvalue weighted by molar-refractivity contribution is 8.00. The van der Waals surface area contributed by atoms with Crippen LogP contribution >= 0.6 is 11.8 Å². The molecule has 2 heteroatoms. The van der Waals surface area contributed by atoms with Crippen molar-refractivity contribution in [1.29, 1.82) is 0 Å². The van der Waals surface area contributed by atoms with Crippen LogP contribution in [0.1, 0.15) is 26.2 Å². The van der Waals surface area contributed by atoms with Crippen LogP contribution in [-0.2, 0) is 0 Å². The summed E-state index contributed by atoms with van der Waals surface area (Å²) in [7, 11) is 0. The second-order valence-electron chi connectivity index (χ2n) is 3.36. The van der Waals surface area contributed by atoms with Crippen molar-refractivity contribution in [3.05, 3.63) is 0 Å². The Labute approximate surface area is 67.0 Å². The zero-order valence-corrected chi connectivity index (χ0v) is 7.29. The van der Waals surface area contributed by atoms with Crippen molar-refractivity contribution in [2.45, 2.75) is 37.6 Å². The third kappa shape index (κ3) is 1.32. The van der Waals surface area contributed by atoms with Gasteiger partial charge in [-0.05, 0) is 25.2 Å². The molecule has 2 rings (SSSR count). The number of thioether (sulfide) groups is 1. The maximum atomic E-state index is 3.67. The SMILES string of the molecule is CCC1CSC(C2CC2)N1. The third-order valence-electron chi connectivity index (χ3n) is 2.42. The van der Waals surface area contributed by atoms with Gasteiger partial charge in [0.25, 0.3) is 0 Å². The molecule has 0 radical (unpaired) electrons. The van der Waals surface area contributed by atoms with Crippen LogP contribution in [0.3, 0.4) is 0 Å². The Morgan fingerprint density at radius 1 is 1.50 bits per heavy atom. The summed E-state index contributed by atoms with van der Waals surface area (Å²) in [5.41, 5.74) is 0. The van der Waals surface area contributed by atoms with Crippen LogP contribution in [-0.4, -0.2) is 17.2 Å². The minimum absolute atomic E-state index is 0.815. The van der Waals surface area contributed by atoms with E-state index < -0.39 is 0 Å². The average molecular weight is 157 g/mol. The minimum atomic E-state index is 0.815. The lowest BCUT2D eigenvalue weighted by molar-refractivity contribution is 0.523. The molecule has 2 aliphatic rings. The molecule has 0 aromatic rings. The van der Waals surface area contributed by atoms with Gasteiger partial charge in [0.2, 0.25) is 0 Å². The first-order valence-electron chi connectivity index (χ1n) is 4.28. The molecule has 1 nitrogen and oxygen atoms in total. The van der Waals surface area contributed by atoms with Gasteiger partial charge in [-0.3, -0.25) is 0 Å². The molecule has 1 aliphatic carbocycles. The largest absolute Gasteiger partial charge is 0.301 e. The molecule has 2 unspecified atom stereocenters. The Morgan fingerprint density at radius 3 is 2.80 bits per heavy atom. The van der Waals surface area contributed by atoms with Crippen molar-refractivity contribution in [2.24, 2.45) is 5.92 Å². The first-order valence-corrected chi connectivity index (χ1v) is 5.32. The van der Waals surface area contributed by atoms with Gasteiger partial charge in [0, 0.05) is 11.8 Å². The van der Waals surface area contributed by atoms with Crippen LogP contribution < -0.4 is 5.32 Å². The lowest BCUT2D eigenvalue weighted by atomic mass is 10.2. The van der Waals surface area contributed by atoms with E-state index in [1.165, 1.54) is 25.0 Å². The van der Waals surface area contributed by atoms with Gasteiger partial charge in [-0.2, -0.15) is 0 Å². The quantitative estimate of drug-likeness (QED) is 0.656. The fourth-order valence-corrected chi connectivity index (χ4v) is 3.06. The summed E-state index contributed by atoms with van der Waals surface area (Å²) in [6, 6.07) is 0.815. The van der Waals surface area contributed by atoms with E-state index >= 15 is 0 Å². The molecule has 0 aromatic carbocycles. The average Bonchev–Trinajstić information content (AvgIpc) is 2.70. The Hall–Kier alpha value is 0.310. The molecule has 0 aromatic heterocycles. The smallest absolute Gasteiger partial charge is 0.0563 e. The van der Waals surface area contributed by atoms with E-state index in [2.05, 4.69) is 24.0 Å². The molecule has 1 saturated heterocycles. The molecule has 1 heterocycles. The van der Waals surface area contributed by atoms with Gasteiger partial charge in [0.1, 0.15) is 0 Å². The molecule has 1 N–H and O–H groups in total. The van der Waals surface area contributed by atoms with Crippen LogP contribution in [0.15, 0.2) is 0 Å². The van der Waals surface area contributed by atoms with Gasteiger partial charge in [-0.25, -0.2) is 0 Å². The van der Waals surface area contributed by atoms with Crippen LogP contribution in [0.2, 0.25) is 0 Å². The van der Waals surface area contributed by atoms with E-state index in [1.54, 1.807) is 0 Å². The highest BCUT2D eigenvalue weighted by Crippen LogP contribution is 2.40. The van der Waals surface area contributed by atoms with Gasteiger partial charge in [-0.1, -0.05) is 6.92 Å². The van der Waals surface area contributed by atoms with Crippen molar-refractivity contribution in [2.75, 3.05) is 5.75 Å². The molecule has 2 fully saturated rings. The fraction of sp³-hybridized carbons (Fsp3) is 1.00. The predicted octanol–water partition coefficient (Wildman–Crippen LogP) is 1.84. The summed E-state index contributed by atoms with van der Waals surface area (Å²) in [5, 5.41) is 4.49. The van der Waals surface area contributed by atoms with Crippen LogP contribution in [0.5, 0.6) is 0 Å². The van der Waals surface area contributed by atoms with Gasteiger partial charge < -0.3 is 5.32 Å². The molecule has 0 spiro atoms. The standard InChI is InChI=1S/C8H15NS/c1-2-7-5-10-8(9-7)6-3-4-6/h6-9H,2-5H2,1H3. The maximum Gasteiger partial charge on any atom is 0.0563 e. The molecule has 2 atom stereocenters. The van der Waals surface area contributed by atoms with Crippen molar-refractivity contribution < 1.29 is 0 Å². The Kier molecular flexibility index (Phi) is 1.92. The van der Waals surface area contributed by atoms with E-state index in [0.29, 0.717) is 0 Å². The van der Waals surface area contributed by atoms with Gasteiger partial charge in [0.05, 0.1) is 5.37 Å². The van der Waals surface area contributed by atoms with Crippen molar-refractivity contribution in [1.82, 2.24) is 5.32 Å². The molecule has 0 bridgehead atoms. The summed E-state index contributed by atoms with van der Waals surface area (Å²) < 4.78 is 0. The van der Waals surface area contributed by atoms with Gasteiger partial charge >= 0.3 is 0 Å². The molecule has 10 heavy (non-hydrogen) atoms. The number of rotatable bonds is 2. The van der Waals surface area contributed by atoms with Gasteiger partial charge in [-0.15, -0.1) is 11.8 Å². The Balaban J connectivity index is 1.81. The monoisotopic (exact) mass is 157 g/mol. The van der Waals surface area contributed by atoms with E-state index in [4.69, 9.17) is 0 Å². The number of nitrogens with one attached hydrogen (secondary N) is 1. The van der Waals surface area contributed by atoms with E-state index in [-0.39, 0.29) is 0 Å². The molecule has 58 valence electrons. The summed E-state index contributed by atoms with van der Waals surface area (Å²) in [6.07, 6.45) is 4.25. The molecular weight excluding hydrogens is 142 g/mol. The molecule has 1 aliphatic heterocycles. The molecular formula is C8H15NS. The van der Waals surface area contributed by atoms with Crippen LogP contribution in [0, 0.1) is 5.92 Å². The second-order valence-corrected chi connectivity index (χ2v) is 4.54. The lowest BCUT2D eigenvalue weighted by Crippen LogP contribution is -2.30. The lowest BCUT2D eigenvalue weighted by Gasteiger charge is -2.09. The summed E-state index contributed by atoms with van der Waals surface area (Å²) in [4.78, 5) is 0.